The van der Waals surface area contributed by atoms with Crippen molar-refractivity contribution in [1.29, 1.82) is 0 Å². The minimum Gasteiger partial charge on any atom is -0.497 e. The van der Waals surface area contributed by atoms with Crippen molar-refractivity contribution in [2.75, 3.05) is 13.7 Å². The molecule has 0 saturated heterocycles. The maximum Gasteiger partial charge on any atom is 0.290 e. The summed E-state index contributed by atoms with van der Waals surface area (Å²) in [6, 6.07) is 17.6. The minimum absolute atomic E-state index is 0.0777. The summed E-state index contributed by atoms with van der Waals surface area (Å²) in [5.41, 5.74) is 3.04. The van der Waals surface area contributed by atoms with Crippen LogP contribution in [0.4, 0.5) is 0 Å². The Morgan fingerprint density at radius 2 is 1.71 bits per heavy atom. The molecule has 1 unspecified atom stereocenters. The van der Waals surface area contributed by atoms with Crippen molar-refractivity contribution in [3.8, 4) is 5.75 Å². The zero-order valence-corrected chi connectivity index (χ0v) is 20.1. The third-order valence-corrected chi connectivity index (χ3v) is 6.89. The first kappa shape index (κ1) is 22.5. The highest BCUT2D eigenvalue weighted by Crippen LogP contribution is 2.39. The molecule has 0 N–H and O–H groups in total. The lowest BCUT2D eigenvalue weighted by atomic mass is 9.98. The molecular weight excluding hydrogens is 473 g/mol. The summed E-state index contributed by atoms with van der Waals surface area (Å²) in [7, 11) is 1.62. The Labute approximate surface area is 206 Å². The lowest BCUT2D eigenvalue weighted by molar-refractivity contribution is 0.0730. The van der Waals surface area contributed by atoms with Crippen LogP contribution in [0.3, 0.4) is 0 Å². The number of methoxy groups -OCH3 is 1. The van der Waals surface area contributed by atoms with Crippen molar-refractivity contribution in [2.45, 2.75) is 19.4 Å². The predicted octanol–water partition coefficient (Wildman–Crippen LogP) is 6.20. The number of benzene rings is 3. The van der Waals surface area contributed by atoms with E-state index in [9.17, 15) is 9.59 Å². The molecule has 2 heterocycles. The third kappa shape index (κ3) is 3.85. The predicted molar refractivity (Wildman–Crippen MR) is 133 cm³/mol. The van der Waals surface area contributed by atoms with E-state index in [4.69, 9.17) is 32.4 Å². The molecule has 172 valence electrons. The van der Waals surface area contributed by atoms with Gasteiger partial charge in [0.15, 0.2) is 5.43 Å². The molecule has 0 radical (unpaired) electrons. The van der Waals surface area contributed by atoms with Crippen LogP contribution in [0.5, 0.6) is 5.75 Å². The quantitative estimate of drug-likeness (QED) is 0.331. The van der Waals surface area contributed by atoms with Crippen molar-refractivity contribution >= 4 is 40.1 Å². The van der Waals surface area contributed by atoms with Gasteiger partial charge in [-0.25, -0.2) is 0 Å². The summed E-state index contributed by atoms with van der Waals surface area (Å²) in [4.78, 5) is 28.9. The number of ether oxygens (including phenoxy) is 1. The average molecular weight is 494 g/mol. The molecule has 0 bridgehead atoms. The van der Waals surface area contributed by atoms with Crippen molar-refractivity contribution in [1.82, 2.24) is 4.90 Å². The molecule has 0 spiro atoms. The molecule has 0 fully saturated rings. The zero-order chi connectivity index (χ0) is 24.0. The summed E-state index contributed by atoms with van der Waals surface area (Å²) in [5, 5.41) is 1.41. The number of carbonyl (C=O) groups excluding carboxylic acids is 1. The van der Waals surface area contributed by atoms with E-state index in [0.717, 1.165) is 22.4 Å². The molecule has 1 aromatic heterocycles. The average Bonchev–Trinajstić information content (AvgIpc) is 3.11. The number of hydrogen-bond donors (Lipinski definition) is 0. The number of amides is 1. The fourth-order valence-corrected chi connectivity index (χ4v) is 4.69. The van der Waals surface area contributed by atoms with Gasteiger partial charge in [0, 0.05) is 16.6 Å². The Morgan fingerprint density at radius 3 is 2.38 bits per heavy atom. The number of fused-ring (bicyclic) bond motifs is 2. The maximum absolute atomic E-state index is 13.6. The lowest BCUT2D eigenvalue weighted by Gasteiger charge is -2.25. The van der Waals surface area contributed by atoms with Crippen LogP contribution in [0.15, 0.2) is 69.9 Å². The van der Waals surface area contributed by atoms with Gasteiger partial charge in [0.05, 0.1) is 24.1 Å². The number of nitrogens with zero attached hydrogens (tertiary/aromatic N) is 1. The van der Waals surface area contributed by atoms with Crippen molar-refractivity contribution in [3.63, 3.8) is 0 Å². The lowest BCUT2D eigenvalue weighted by Crippen LogP contribution is -2.31. The molecule has 7 heteroatoms. The van der Waals surface area contributed by atoms with Gasteiger partial charge in [0.1, 0.15) is 11.3 Å². The highest BCUT2D eigenvalue weighted by atomic mass is 35.5. The fraction of sp³-hybridized carbons (Fsp3) is 0.185. The van der Waals surface area contributed by atoms with Crippen LogP contribution in [0.1, 0.15) is 38.9 Å². The van der Waals surface area contributed by atoms with Crippen molar-refractivity contribution in [2.24, 2.45) is 0 Å². The van der Waals surface area contributed by atoms with E-state index in [1.54, 1.807) is 36.3 Å². The molecule has 1 aliphatic heterocycles. The van der Waals surface area contributed by atoms with Gasteiger partial charge in [-0.05, 0) is 66.4 Å². The molecule has 1 atom stereocenters. The summed E-state index contributed by atoms with van der Waals surface area (Å²) in [6.45, 7) is 2.23. The molecule has 4 aromatic rings. The van der Waals surface area contributed by atoms with E-state index in [1.807, 2.05) is 43.3 Å². The number of rotatable bonds is 5. The standard InChI is InChI=1S/C27H21Cl2NO4/c1-15-13-22-20(14-21(15)29)25(31)23-24(17-5-7-18(28)8-6-17)30(27(32)26(23)34-22)12-11-16-3-9-19(33-2)10-4-16/h3-10,13-14,24H,11-12H2,1-2H3. The second kappa shape index (κ2) is 8.82. The molecule has 5 nitrogen and oxygen atoms in total. The third-order valence-electron chi connectivity index (χ3n) is 6.23. The first-order chi connectivity index (χ1) is 16.4. The smallest absolute Gasteiger partial charge is 0.290 e. The van der Waals surface area contributed by atoms with Crippen LogP contribution in [0.2, 0.25) is 10.0 Å². The molecular formula is C27H21Cl2NO4. The topological polar surface area (TPSA) is 59.8 Å². The van der Waals surface area contributed by atoms with E-state index in [2.05, 4.69) is 0 Å². The number of carbonyl (C=O) groups is 1. The summed E-state index contributed by atoms with van der Waals surface area (Å²) < 4.78 is 11.3. The van der Waals surface area contributed by atoms with Gasteiger partial charge in [0.2, 0.25) is 5.76 Å². The molecule has 1 aliphatic rings. The van der Waals surface area contributed by atoms with E-state index >= 15 is 0 Å². The van der Waals surface area contributed by atoms with Gasteiger partial charge in [-0.2, -0.15) is 0 Å². The summed E-state index contributed by atoms with van der Waals surface area (Å²) in [5.74, 6) is 0.534. The van der Waals surface area contributed by atoms with Gasteiger partial charge in [-0.1, -0.05) is 47.5 Å². The molecule has 1 amide bonds. The second-order valence-corrected chi connectivity index (χ2v) is 9.17. The van der Waals surface area contributed by atoms with Gasteiger partial charge in [0.25, 0.3) is 5.91 Å². The van der Waals surface area contributed by atoms with E-state index in [-0.39, 0.29) is 17.1 Å². The number of halogens is 2. The number of hydrogen-bond acceptors (Lipinski definition) is 4. The Hall–Kier alpha value is -3.28. The van der Waals surface area contributed by atoms with E-state index in [0.29, 0.717) is 39.5 Å². The first-order valence-electron chi connectivity index (χ1n) is 10.8. The fourth-order valence-electron chi connectivity index (χ4n) is 4.40. The molecule has 34 heavy (non-hydrogen) atoms. The van der Waals surface area contributed by atoms with Gasteiger partial charge < -0.3 is 14.1 Å². The first-order valence-corrected chi connectivity index (χ1v) is 11.6. The minimum atomic E-state index is -0.584. The van der Waals surface area contributed by atoms with Crippen LogP contribution < -0.4 is 10.2 Å². The monoisotopic (exact) mass is 493 g/mol. The Kier molecular flexibility index (Phi) is 5.84. The van der Waals surface area contributed by atoms with E-state index < -0.39 is 6.04 Å². The van der Waals surface area contributed by atoms with Gasteiger partial charge in [-0.15, -0.1) is 0 Å². The van der Waals surface area contributed by atoms with Gasteiger partial charge in [-0.3, -0.25) is 9.59 Å². The normalized spacial score (nSPS) is 15.1. The molecule has 5 rings (SSSR count). The highest BCUT2D eigenvalue weighted by Gasteiger charge is 2.42. The Morgan fingerprint density at radius 1 is 1.00 bits per heavy atom. The Balaban J connectivity index is 1.61. The van der Waals surface area contributed by atoms with Crippen molar-refractivity contribution < 1.29 is 13.9 Å². The summed E-state index contributed by atoms with van der Waals surface area (Å²) >= 11 is 12.4. The second-order valence-electron chi connectivity index (χ2n) is 8.32. The molecule has 0 aliphatic carbocycles. The molecule has 0 saturated carbocycles. The van der Waals surface area contributed by atoms with Crippen LogP contribution in [0, 0.1) is 6.92 Å². The zero-order valence-electron chi connectivity index (χ0n) is 18.6. The largest absolute Gasteiger partial charge is 0.497 e. The Bertz CT molecular complexity index is 1460. The van der Waals surface area contributed by atoms with Crippen LogP contribution in [-0.2, 0) is 6.42 Å². The van der Waals surface area contributed by atoms with Gasteiger partial charge >= 0.3 is 0 Å². The highest BCUT2D eigenvalue weighted by molar-refractivity contribution is 6.32. The van der Waals surface area contributed by atoms with Crippen LogP contribution in [-0.4, -0.2) is 24.5 Å². The van der Waals surface area contributed by atoms with Crippen LogP contribution in [0.25, 0.3) is 11.0 Å². The number of aryl methyl sites for hydroxylation is 1. The maximum atomic E-state index is 13.6. The van der Waals surface area contributed by atoms with E-state index in [1.165, 1.54) is 0 Å². The van der Waals surface area contributed by atoms with Crippen molar-refractivity contribution in [3.05, 3.63) is 109 Å². The van der Waals surface area contributed by atoms with Crippen LogP contribution >= 0.6 is 23.2 Å². The SMILES string of the molecule is COc1ccc(CCN2C(=O)c3oc4cc(C)c(Cl)cc4c(=O)c3C2c2ccc(Cl)cc2)cc1. The molecule has 3 aromatic carbocycles. The summed E-state index contributed by atoms with van der Waals surface area (Å²) in [6.07, 6.45) is 0.604.